The molecule has 2 aromatic rings. The minimum absolute atomic E-state index is 0.135. The summed E-state index contributed by atoms with van der Waals surface area (Å²) < 4.78 is 13.7. The normalized spacial score (nSPS) is 10.2. The zero-order valence-electron chi connectivity index (χ0n) is 8.85. The Kier molecular flexibility index (Phi) is 3.39. The van der Waals surface area contributed by atoms with Gasteiger partial charge in [-0.15, -0.1) is 0 Å². The van der Waals surface area contributed by atoms with Gasteiger partial charge in [0.1, 0.15) is 11.7 Å². The van der Waals surface area contributed by atoms with Crippen molar-refractivity contribution in [2.75, 3.05) is 0 Å². The maximum Gasteiger partial charge on any atom is 0.137 e. The van der Waals surface area contributed by atoms with Crippen LogP contribution in [0.5, 0.6) is 0 Å². The first kappa shape index (κ1) is 11.6. The fourth-order valence-corrected chi connectivity index (χ4v) is 2.09. The Morgan fingerprint density at radius 2 is 1.94 bits per heavy atom. The van der Waals surface area contributed by atoms with Crippen molar-refractivity contribution in [1.82, 2.24) is 4.98 Å². The van der Waals surface area contributed by atoms with Crippen LogP contribution in [0.3, 0.4) is 0 Å². The van der Waals surface area contributed by atoms with Crippen LogP contribution in [0.15, 0.2) is 52.5 Å². The lowest BCUT2D eigenvalue weighted by Gasteiger charge is -2.04. The number of nitrogens with one attached hydrogen (secondary N) is 1. The molecule has 0 spiro atoms. The molecule has 17 heavy (non-hydrogen) atoms. The minimum atomic E-state index is -0.375. The van der Waals surface area contributed by atoms with Gasteiger partial charge in [0.25, 0.3) is 0 Å². The standard InChI is InChI=1S/C12H10FN3S/c13-10-7-8(12(14)15)1-2-11(10)17-9-3-5-16-6-4-9/h1-7H,(H3,14,15). The zero-order chi connectivity index (χ0) is 12.3. The molecule has 3 nitrogen and oxygen atoms in total. The van der Waals surface area contributed by atoms with Crippen LogP contribution in [0.2, 0.25) is 0 Å². The van der Waals surface area contributed by atoms with Crippen molar-refractivity contribution in [2.45, 2.75) is 9.79 Å². The van der Waals surface area contributed by atoms with Crippen LogP contribution in [0.25, 0.3) is 0 Å². The average molecular weight is 247 g/mol. The third-order valence-corrected chi connectivity index (χ3v) is 3.18. The van der Waals surface area contributed by atoms with Crippen LogP contribution in [0.4, 0.5) is 4.39 Å². The fourth-order valence-electron chi connectivity index (χ4n) is 1.28. The summed E-state index contributed by atoms with van der Waals surface area (Å²) in [5.74, 6) is -0.510. The van der Waals surface area contributed by atoms with Crippen molar-refractivity contribution < 1.29 is 4.39 Å². The lowest BCUT2D eigenvalue weighted by atomic mass is 10.2. The zero-order valence-corrected chi connectivity index (χ0v) is 9.67. The molecule has 0 bridgehead atoms. The first-order chi connectivity index (χ1) is 8.16. The molecule has 0 saturated carbocycles. The van der Waals surface area contributed by atoms with Crippen molar-refractivity contribution in [3.63, 3.8) is 0 Å². The third kappa shape index (κ3) is 2.82. The molecule has 0 atom stereocenters. The van der Waals surface area contributed by atoms with E-state index in [0.717, 1.165) is 4.90 Å². The summed E-state index contributed by atoms with van der Waals surface area (Å²) in [5, 5.41) is 7.22. The van der Waals surface area contributed by atoms with Gasteiger partial charge < -0.3 is 5.73 Å². The van der Waals surface area contributed by atoms with E-state index in [1.54, 1.807) is 24.5 Å². The lowest BCUT2D eigenvalue weighted by molar-refractivity contribution is 0.601. The summed E-state index contributed by atoms with van der Waals surface area (Å²) in [7, 11) is 0. The number of aromatic nitrogens is 1. The highest BCUT2D eigenvalue weighted by Gasteiger charge is 2.06. The number of amidine groups is 1. The van der Waals surface area contributed by atoms with E-state index >= 15 is 0 Å². The molecule has 86 valence electrons. The number of hydrogen-bond acceptors (Lipinski definition) is 3. The molecule has 0 saturated heterocycles. The molecule has 1 heterocycles. The van der Waals surface area contributed by atoms with E-state index in [9.17, 15) is 4.39 Å². The molecule has 1 aromatic carbocycles. The molecule has 2 rings (SSSR count). The lowest BCUT2D eigenvalue weighted by Crippen LogP contribution is -2.11. The van der Waals surface area contributed by atoms with Gasteiger partial charge >= 0.3 is 0 Å². The van der Waals surface area contributed by atoms with Crippen molar-refractivity contribution in [3.05, 3.63) is 54.1 Å². The van der Waals surface area contributed by atoms with Crippen LogP contribution < -0.4 is 5.73 Å². The second-order valence-corrected chi connectivity index (χ2v) is 4.46. The molecule has 0 aliphatic heterocycles. The first-order valence-corrected chi connectivity index (χ1v) is 5.70. The number of benzene rings is 1. The van der Waals surface area contributed by atoms with E-state index in [-0.39, 0.29) is 11.7 Å². The molecule has 0 fully saturated rings. The summed E-state index contributed by atoms with van der Waals surface area (Å²) in [6, 6.07) is 8.14. The maximum absolute atomic E-state index is 13.7. The summed E-state index contributed by atoms with van der Waals surface area (Å²) in [6.45, 7) is 0. The number of rotatable bonds is 3. The van der Waals surface area contributed by atoms with Gasteiger partial charge in [0, 0.05) is 27.7 Å². The topological polar surface area (TPSA) is 62.8 Å². The van der Waals surface area contributed by atoms with Crippen molar-refractivity contribution in [3.8, 4) is 0 Å². The van der Waals surface area contributed by atoms with E-state index in [0.29, 0.717) is 10.5 Å². The van der Waals surface area contributed by atoms with Gasteiger partial charge in [-0.3, -0.25) is 10.4 Å². The highest BCUT2D eigenvalue weighted by molar-refractivity contribution is 7.99. The Bertz CT molecular complexity index is 543. The van der Waals surface area contributed by atoms with Gasteiger partial charge in [-0.2, -0.15) is 0 Å². The second-order valence-electron chi connectivity index (χ2n) is 3.34. The molecule has 0 aliphatic carbocycles. The number of nitrogens with zero attached hydrogens (tertiary/aromatic N) is 1. The quantitative estimate of drug-likeness (QED) is 0.647. The van der Waals surface area contributed by atoms with Crippen LogP contribution >= 0.6 is 11.8 Å². The molecular weight excluding hydrogens is 237 g/mol. The Labute approximate surface area is 102 Å². The van der Waals surface area contributed by atoms with Crippen molar-refractivity contribution in [1.29, 1.82) is 5.41 Å². The predicted octanol–water partition coefficient (Wildman–Crippen LogP) is 2.66. The summed E-state index contributed by atoms with van der Waals surface area (Å²) in [5.41, 5.74) is 5.68. The van der Waals surface area contributed by atoms with E-state index in [1.165, 1.54) is 17.8 Å². The van der Waals surface area contributed by atoms with Gasteiger partial charge in [0.05, 0.1) is 0 Å². The summed E-state index contributed by atoms with van der Waals surface area (Å²) >= 11 is 1.31. The number of nitrogens with two attached hydrogens (primary N) is 1. The number of nitrogen functional groups attached to an aromatic ring is 1. The predicted molar refractivity (Wildman–Crippen MR) is 65.8 cm³/mol. The maximum atomic E-state index is 13.7. The fraction of sp³-hybridized carbons (Fsp3) is 0. The monoisotopic (exact) mass is 247 g/mol. The average Bonchev–Trinajstić information content (AvgIpc) is 2.33. The summed E-state index contributed by atoms with van der Waals surface area (Å²) in [6.07, 6.45) is 3.31. The van der Waals surface area contributed by atoms with Crippen LogP contribution in [-0.2, 0) is 0 Å². The highest BCUT2D eigenvalue weighted by atomic mass is 32.2. The van der Waals surface area contributed by atoms with Crippen LogP contribution in [0, 0.1) is 11.2 Å². The first-order valence-electron chi connectivity index (χ1n) is 4.88. The molecular formula is C12H10FN3S. The van der Waals surface area contributed by atoms with Gasteiger partial charge in [0.15, 0.2) is 0 Å². The van der Waals surface area contributed by atoms with Gasteiger partial charge in [0.2, 0.25) is 0 Å². The SMILES string of the molecule is N=C(N)c1ccc(Sc2ccncc2)c(F)c1. The Balaban J connectivity index is 2.26. The third-order valence-electron chi connectivity index (χ3n) is 2.12. The molecule has 0 radical (unpaired) electrons. The van der Waals surface area contributed by atoms with Crippen LogP contribution in [0.1, 0.15) is 5.56 Å². The number of hydrogen-bond donors (Lipinski definition) is 2. The molecule has 0 amide bonds. The Hall–Kier alpha value is -1.88. The van der Waals surface area contributed by atoms with E-state index in [2.05, 4.69) is 4.98 Å². The van der Waals surface area contributed by atoms with Gasteiger partial charge in [-0.1, -0.05) is 11.8 Å². The molecule has 5 heteroatoms. The van der Waals surface area contributed by atoms with Gasteiger partial charge in [-0.05, 0) is 30.3 Å². The number of pyridine rings is 1. The smallest absolute Gasteiger partial charge is 0.137 e. The van der Waals surface area contributed by atoms with Crippen molar-refractivity contribution in [2.24, 2.45) is 5.73 Å². The molecule has 0 aliphatic rings. The van der Waals surface area contributed by atoms with Crippen LogP contribution in [-0.4, -0.2) is 10.8 Å². The van der Waals surface area contributed by atoms with E-state index < -0.39 is 0 Å². The largest absolute Gasteiger partial charge is 0.384 e. The molecule has 3 N–H and O–H groups in total. The van der Waals surface area contributed by atoms with Crippen molar-refractivity contribution >= 4 is 17.6 Å². The Morgan fingerprint density at radius 1 is 1.24 bits per heavy atom. The second kappa shape index (κ2) is 4.97. The summed E-state index contributed by atoms with van der Waals surface area (Å²) in [4.78, 5) is 5.31. The molecule has 1 aromatic heterocycles. The molecule has 0 unspecified atom stereocenters. The Morgan fingerprint density at radius 3 is 2.53 bits per heavy atom. The minimum Gasteiger partial charge on any atom is -0.384 e. The number of halogens is 1. The van der Waals surface area contributed by atoms with E-state index in [4.69, 9.17) is 11.1 Å². The highest BCUT2D eigenvalue weighted by Crippen LogP contribution is 2.29. The van der Waals surface area contributed by atoms with E-state index in [1.807, 2.05) is 12.1 Å². The van der Waals surface area contributed by atoms with Gasteiger partial charge in [-0.25, -0.2) is 4.39 Å².